The Kier molecular flexibility index (Phi) is 4.23. The number of benzene rings is 2. The lowest BCUT2D eigenvalue weighted by atomic mass is 9.92. The Morgan fingerprint density at radius 1 is 1.00 bits per heavy atom. The Morgan fingerprint density at radius 2 is 1.73 bits per heavy atom. The second-order valence-corrected chi connectivity index (χ2v) is 7.37. The van der Waals surface area contributed by atoms with Crippen LogP contribution in [0.4, 0.5) is 0 Å². The maximum absolute atomic E-state index is 12.8. The van der Waals surface area contributed by atoms with Crippen molar-refractivity contribution >= 4 is 11.0 Å². The number of phenolic OH excluding ortho intramolecular Hbond substituents is 2. The molecule has 1 aromatic heterocycles. The molecule has 0 aliphatic carbocycles. The highest BCUT2D eigenvalue weighted by Crippen LogP contribution is 2.50. The Labute approximate surface area is 169 Å². The number of hydrogen-bond acceptors (Lipinski definition) is 9. The average Bonchev–Trinajstić information content (AvgIpc) is 3.09. The van der Waals surface area contributed by atoms with Crippen LogP contribution in [0.25, 0.3) is 22.3 Å². The van der Waals surface area contributed by atoms with E-state index in [1.807, 2.05) is 0 Å². The van der Waals surface area contributed by atoms with Crippen LogP contribution in [0.1, 0.15) is 11.7 Å². The minimum absolute atomic E-state index is 0.0641. The molecule has 0 bridgehead atoms. The third-order valence-corrected chi connectivity index (χ3v) is 5.56. The first kappa shape index (κ1) is 18.9. The van der Waals surface area contributed by atoms with Crippen LogP contribution in [0.15, 0.2) is 45.6 Å². The number of ether oxygens (including phenoxy) is 2. The van der Waals surface area contributed by atoms with Crippen molar-refractivity contribution in [3.63, 3.8) is 0 Å². The first-order chi connectivity index (χ1) is 14.4. The topological polar surface area (TPSA) is 150 Å². The number of aliphatic hydroxyl groups excluding tert-OH is 3. The molecular weight excluding hydrogens is 396 g/mol. The van der Waals surface area contributed by atoms with Gasteiger partial charge in [-0.2, -0.15) is 0 Å². The van der Waals surface area contributed by atoms with Gasteiger partial charge in [0.15, 0.2) is 11.5 Å². The third kappa shape index (κ3) is 2.67. The highest BCUT2D eigenvalue weighted by atomic mass is 16.6. The summed E-state index contributed by atoms with van der Waals surface area (Å²) in [6.45, 7) is -0.538. The van der Waals surface area contributed by atoms with Crippen molar-refractivity contribution in [2.24, 2.45) is 0 Å². The molecule has 2 aliphatic rings. The summed E-state index contributed by atoms with van der Waals surface area (Å²) in [6, 6.07) is 8.72. The highest BCUT2D eigenvalue weighted by Gasteiger charge is 2.52. The molecule has 5 rings (SSSR count). The van der Waals surface area contributed by atoms with Crippen molar-refractivity contribution in [1.29, 1.82) is 0 Å². The van der Waals surface area contributed by atoms with E-state index in [0.717, 1.165) is 0 Å². The van der Waals surface area contributed by atoms with Crippen molar-refractivity contribution in [3.8, 4) is 28.6 Å². The molecule has 3 aromatic rings. The van der Waals surface area contributed by atoms with Gasteiger partial charge >= 0.3 is 0 Å². The molecule has 0 radical (unpaired) electrons. The van der Waals surface area contributed by atoms with Crippen LogP contribution in [0.5, 0.6) is 17.2 Å². The van der Waals surface area contributed by atoms with Crippen LogP contribution >= 0.6 is 0 Å². The summed E-state index contributed by atoms with van der Waals surface area (Å²) in [5.74, 6) is 0.0386. The van der Waals surface area contributed by atoms with Crippen molar-refractivity contribution in [2.75, 3.05) is 6.61 Å². The lowest BCUT2D eigenvalue weighted by Crippen LogP contribution is -2.55. The van der Waals surface area contributed by atoms with Crippen molar-refractivity contribution < 1.29 is 39.4 Å². The monoisotopic (exact) mass is 414 g/mol. The first-order valence-electron chi connectivity index (χ1n) is 9.31. The predicted octanol–water partition coefficient (Wildman–Crippen LogP) is 0.786. The normalized spacial score (nSPS) is 27.5. The maximum atomic E-state index is 12.8. The van der Waals surface area contributed by atoms with Crippen LogP contribution in [-0.2, 0) is 4.74 Å². The number of rotatable bonds is 2. The van der Waals surface area contributed by atoms with Crippen molar-refractivity contribution in [2.45, 2.75) is 30.5 Å². The highest BCUT2D eigenvalue weighted by molar-refractivity contribution is 5.88. The smallest absolute Gasteiger partial charge is 0.197 e. The standard InChI is InChI=1S/C21H18O9/c22-7-14-17(25)19(27)21-20(30-14)16-13(29-21)6-12-15(18(16)26)10(24)5-11(28-12)8-1-3-9(23)4-2-8/h1-6,14,17,19-23,25-27H,7H2/t14-,17-,19+,20+,21+/m1/s1. The summed E-state index contributed by atoms with van der Waals surface area (Å²) in [4.78, 5) is 12.8. The van der Waals surface area contributed by atoms with Crippen LogP contribution in [0, 0.1) is 0 Å². The second-order valence-electron chi connectivity index (χ2n) is 7.37. The maximum Gasteiger partial charge on any atom is 0.197 e. The Hall–Kier alpha value is -3.11. The minimum atomic E-state index is -1.37. The Bertz CT molecular complexity index is 1180. The molecular formula is C21H18O9. The van der Waals surface area contributed by atoms with Crippen molar-refractivity contribution in [1.82, 2.24) is 0 Å². The summed E-state index contributed by atoms with van der Waals surface area (Å²) < 4.78 is 17.1. The lowest BCUT2D eigenvalue weighted by Gasteiger charge is -2.38. The van der Waals surface area contributed by atoms with Gasteiger partial charge in [0, 0.05) is 17.7 Å². The summed E-state index contributed by atoms with van der Waals surface area (Å²) in [5, 5.41) is 50.1. The number of phenols is 2. The lowest BCUT2D eigenvalue weighted by molar-refractivity contribution is -0.215. The average molecular weight is 414 g/mol. The summed E-state index contributed by atoms with van der Waals surface area (Å²) in [6.07, 6.45) is -5.81. The Morgan fingerprint density at radius 3 is 2.43 bits per heavy atom. The molecule has 0 amide bonds. The van der Waals surface area contributed by atoms with Gasteiger partial charge in [-0.25, -0.2) is 0 Å². The zero-order valence-corrected chi connectivity index (χ0v) is 15.4. The van der Waals surface area contributed by atoms with Crippen LogP contribution in [0.3, 0.4) is 0 Å². The first-order valence-corrected chi connectivity index (χ1v) is 9.31. The summed E-state index contributed by atoms with van der Waals surface area (Å²) in [7, 11) is 0. The van der Waals surface area contributed by atoms with E-state index < -0.39 is 48.3 Å². The second kappa shape index (κ2) is 6.71. The van der Waals surface area contributed by atoms with Crippen molar-refractivity contribution in [3.05, 3.63) is 52.2 Å². The van der Waals surface area contributed by atoms with Gasteiger partial charge in [-0.05, 0) is 24.3 Å². The van der Waals surface area contributed by atoms with Gasteiger partial charge in [0.25, 0.3) is 0 Å². The number of aromatic hydroxyl groups is 2. The largest absolute Gasteiger partial charge is 0.508 e. The van der Waals surface area contributed by atoms with E-state index >= 15 is 0 Å². The van der Waals surface area contributed by atoms with E-state index in [1.165, 1.54) is 24.3 Å². The fourth-order valence-corrected chi connectivity index (χ4v) is 4.04. The number of hydrogen-bond donors (Lipinski definition) is 5. The molecule has 5 N–H and O–H groups in total. The molecule has 2 aliphatic heterocycles. The molecule has 0 spiro atoms. The van der Waals surface area contributed by atoms with Crippen LogP contribution < -0.4 is 10.2 Å². The zero-order valence-electron chi connectivity index (χ0n) is 15.4. The van der Waals surface area contributed by atoms with Gasteiger partial charge in [0.2, 0.25) is 0 Å². The molecule has 30 heavy (non-hydrogen) atoms. The molecule has 5 atom stereocenters. The van der Waals surface area contributed by atoms with Gasteiger partial charge < -0.3 is 39.4 Å². The van der Waals surface area contributed by atoms with Gasteiger partial charge in [-0.3, -0.25) is 4.79 Å². The van der Waals surface area contributed by atoms with Gasteiger partial charge in [0.1, 0.15) is 58.4 Å². The molecule has 3 heterocycles. The van der Waals surface area contributed by atoms with E-state index in [-0.39, 0.29) is 33.8 Å². The molecule has 0 unspecified atom stereocenters. The fourth-order valence-electron chi connectivity index (χ4n) is 4.04. The van der Waals surface area contributed by atoms with Crippen LogP contribution in [-0.4, -0.2) is 56.6 Å². The third-order valence-electron chi connectivity index (χ3n) is 5.56. The van der Waals surface area contributed by atoms with Gasteiger partial charge in [0.05, 0.1) is 12.2 Å². The van der Waals surface area contributed by atoms with E-state index in [4.69, 9.17) is 13.9 Å². The predicted molar refractivity (Wildman–Crippen MR) is 102 cm³/mol. The molecule has 1 fully saturated rings. The molecule has 156 valence electrons. The zero-order chi connectivity index (χ0) is 21.2. The minimum Gasteiger partial charge on any atom is -0.508 e. The van der Waals surface area contributed by atoms with Crippen LogP contribution in [0.2, 0.25) is 0 Å². The molecule has 9 heteroatoms. The number of aliphatic hydroxyl groups is 3. The van der Waals surface area contributed by atoms with E-state index in [1.54, 1.807) is 12.1 Å². The summed E-state index contributed by atoms with van der Waals surface area (Å²) >= 11 is 0. The van der Waals surface area contributed by atoms with E-state index in [0.29, 0.717) is 5.56 Å². The SMILES string of the molecule is O=c1cc(-c2ccc(O)cc2)oc2cc3c(c(O)c12)[C@@H]1O[C@H](CO)[C@@H](O)[C@H](O)[C@@H]1O3. The quantitative estimate of drug-likeness (QED) is 0.410. The molecule has 9 nitrogen and oxygen atoms in total. The van der Waals surface area contributed by atoms with E-state index in [9.17, 15) is 30.3 Å². The van der Waals surface area contributed by atoms with E-state index in [2.05, 4.69) is 0 Å². The molecule has 1 saturated heterocycles. The fraction of sp³-hybridized carbons (Fsp3) is 0.286. The summed E-state index contributed by atoms with van der Waals surface area (Å²) in [5.41, 5.74) is 0.267. The van der Waals surface area contributed by atoms with Gasteiger partial charge in [-0.15, -0.1) is 0 Å². The molecule has 2 aromatic carbocycles. The Balaban J connectivity index is 1.65. The van der Waals surface area contributed by atoms with Gasteiger partial charge in [-0.1, -0.05) is 0 Å². The molecule has 0 saturated carbocycles. The number of fused-ring (bicyclic) bond motifs is 4.